The zero-order valence-corrected chi connectivity index (χ0v) is 13.4. The minimum Gasteiger partial charge on any atom is -0.376 e. The molecule has 0 saturated carbocycles. The van der Waals surface area contributed by atoms with Gasteiger partial charge in [-0.1, -0.05) is 54.4 Å². The highest BCUT2D eigenvalue weighted by molar-refractivity contribution is 4.73. The van der Waals surface area contributed by atoms with Gasteiger partial charge in [0.1, 0.15) is 0 Å². The Morgan fingerprint density at radius 3 is 1.29 bits per heavy atom. The van der Waals surface area contributed by atoms with Crippen LogP contribution >= 0.6 is 0 Å². The molecule has 1 heteroatoms. The van der Waals surface area contributed by atoms with Gasteiger partial charge in [-0.2, -0.15) is 0 Å². The second-order valence-corrected chi connectivity index (χ2v) is 7.20. The Morgan fingerprint density at radius 1 is 0.765 bits per heavy atom. The SMILES string of the molecule is CCC(C)(C)CC(C)OC(C)CC(C)(C)CC. The fraction of sp³-hybridized carbons (Fsp3) is 1.00. The summed E-state index contributed by atoms with van der Waals surface area (Å²) in [5.41, 5.74) is 0.804. The van der Waals surface area contributed by atoms with Crippen LogP contribution in [0.5, 0.6) is 0 Å². The lowest BCUT2D eigenvalue weighted by atomic mass is 9.83. The Morgan fingerprint density at radius 2 is 1.06 bits per heavy atom. The molecule has 0 heterocycles. The Bertz CT molecular complexity index is 184. The summed E-state index contributed by atoms with van der Waals surface area (Å²) in [7, 11) is 0. The maximum Gasteiger partial charge on any atom is 0.0555 e. The van der Waals surface area contributed by atoms with Gasteiger partial charge >= 0.3 is 0 Å². The van der Waals surface area contributed by atoms with Gasteiger partial charge in [-0.25, -0.2) is 0 Å². The third-order valence-electron chi connectivity index (χ3n) is 4.06. The van der Waals surface area contributed by atoms with Crippen molar-refractivity contribution in [3.8, 4) is 0 Å². The largest absolute Gasteiger partial charge is 0.376 e. The van der Waals surface area contributed by atoms with E-state index in [1.54, 1.807) is 0 Å². The Kier molecular flexibility index (Phi) is 6.76. The first kappa shape index (κ1) is 17.0. The van der Waals surface area contributed by atoms with E-state index in [0.29, 0.717) is 23.0 Å². The molecular formula is C16H34O. The predicted molar refractivity (Wildman–Crippen MR) is 77.4 cm³/mol. The van der Waals surface area contributed by atoms with Crippen LogP contribution in [-0.2, 0) is 4.74 Å². The predicted octanol–water partition coefficient (Wildman–Crippen LogP) is 5.43. The van der Waals surface area contributed by atoms with E-state index in [1.165, 1.54) is 12.8 Å². The Hall–Kier alpha value is -0.0400. The zero-order valence-electron chi connectivity index (χ0n) is 13.4. The smallest absolute Gasteiger partial charge is 0.0555 e. The summed E-state index contributed by atoms with van der Waals surface area (Å²) in [6.45, 7) is 18.3. The average Bonchev–Trinajstić information content (AvgIpc) is 2.15. The van der Waals surface area contributed by atoms with E-state index in [1.807, 2.05) is 0 Å². The van der Waals surface area contributed by atoms with Gasteiger partial charge in [0.15, 0.2) is 0 Å². The molecule has 104 valence electrons. The quantitative estimate of drug-likeness (QED) is 0.551. The highest BCUT2D eigenvalue weighted by atomic mass is 16.5. The molecule has 0 aliphatic heterocycles. The summed E-state index contributed by atoms with van der Waals surface area (Å²) < 4.78 is 6.13. The fourth-order valence-electron chi connectivity index (χ4n) is 2.34. The van der Waals surface area contributed by atoms with Crippen LogP contribution in [0.15, 0.2) is 0 Å². The Labute approximate surface area is 109 Å². The van der Waals surface area contributed by atoms with Crippen molar-refractivity contribution in [1.82, 2.24) is 0 Å². The Balaban J connectivity index is 4.08. The van der Waals surface area contributed by atoms with Gasteiger partial charge in [0.25, 0.3) is 0 Å². The zero-order chi connectivity index (χ0) is 13.7. The van der Waals surface area contributed by atoms with Crippen molar-refractivity contribution in [3.05, 3.63) is 0 Å². The summed E-state index contributed by atoms with van der Waals surface area (Å²) >= 11 is 0. The summed E-state index contributed by atoms with van der Waals surface area (Å²) in [6, 6.07) is 0. The molecule has 0 saturated heterocycles. The highest BCUT2D eigenvalue weighted by Gasteiger charge is 2.23. The van der Waals surface area contributed by atoms with Crippen LogP contribution in [0.3, 0.4) is 0 Å². The van der Waals surface area contributed by atoms with Crippen LogP contribution in [0.4, 0.5) is 0 Å². The molecular weight excluding hydrogens is 208 g/mol. The van der Waals surface area contributed by atoms with Gasteiger partial charge < -0.3 is 4.74 Å². The van der Waals surface area contributed by atoms with Crippen LogP contribution < -0.4 is 0 Å². The molecule has 0 aromatic heterocycles. The van der Waals surface area contributed by atoms with E-state index in [4.69, 9.17) is 4.74 Å². The first-order valence-electron chi connectivity index (χ1n) is 7.27. The number of ether oxygens (including phenoxy) is 1. The molecule has 0 rings (SSSR count). The monoisotopic (exact) mass is 242 g/mol. The van der Waals surface area contributed by atoms with Gasteiger partial charge in [0.2, 0.25) is 0 Å². The molecule has 2 atom stereocenters. The third kappa shape index (κ3) is 7.81. The summed E-state index contributed by atoms with van der Waals surface area (Å²) in [5, 5.41) is 0. The minimum absolute atomic E-state index is 0.368. The summed E-state index contributed by atoms with van der Waals surface area (Å²) in [6.07, 6.45) is 5.48. The molecule has 1 nitrogen and oxygen atoms in total. The standard InChI is InChI=1S/C16H34O/c1-9-15(5,6)11-13(3)17-14(4)12-16(7,8)10-2/h13-14H,9-12H2,1-8H3. The molecule has 0 fully saturated rings. The second kappa shape index (κ2) is 6.78. The van der Waals surface area contributed by atoms with Gasteiger partial charge in [-0.05, 0) is 37.5 Å². The lowest BCUT2D eigenvalue weighted by Gasteiger charge is -2.31. The van der Waals surface area contributed by atoms with Gasteiger partial charge in [-0.15, -0.1) is 0 Å². The minimum atomic E-state index is 0.368. The van der Waals surface area contributed by atoms with E-state index in [9.17, 15) is 0 Å². The van der Waals surface area contributed by atoms with Crippen molar-refractivity contribution >= 4 is 0 Å². The van der Waals surface area contributed by atoms with E-state index < -0.39 is 0 Å². The number of rotatable bonds is 8. The van der Waals surface area contributed by atoms with Gasteiger partial charge in [-0.3, -0.25) is 0 Å². The summed E-state index contributed by atoms with van der Waals surface area (Å²) in [4.78, 5) is 0. The van der Waals surface area contributed by atoms with E-state index in [0.717, 1.165) is 12.8 Å². The lowest BCUT2D eigenvalue weighted by Crippen LogP contribution is -2.27. The maximum absolute atomic E-state index is 6.13. The van der Waals surface area contributed by atoms with Crippen LogP contribution in [-0.4, -0.2) is 12.2 Å². The van der Waals surface area contributed by atoms with Crippen molar-refractivity contribution in [2.75, 3.05) is 0 Å². The normalized spacial score (nSPS) is 16.9. The molecule has 0 spiro atoms. The molecule has 0 radical (unpaired) electrons. The van der Waals surface area contributed by atoms with Crippen molar-refractivity contribution < 1.29 is 4.74 Å². The van der Waals surface area contributed by atoms with E-state index in [-0.39, 0.29) is 0 Å². The van der Waals surface area contributed by atoms with Crippen molar-refractivity contribution in [2.24, 2.45) is 10.8 Å². The molecule has 0 aliphatic rings. The van der Waals surface area contributed by atoms with E-state index >= 15 is 0 Å². The molecule has 0 amide bonds. The second-order valence-electron chi connectivity index (χ2n) is 7.20. The fourth-order valence-corrected chi connectivity index (χ4v) is 2.34. The molecule has 0 aliphatic carbocycles. The summed E-state index contributed by atoms with van der Waals surface area (Å²) in [5.74, 6) is 0. The number of hydrogen-bond acceptors (Lipinski definition) is 1. The molecule has 0 bridgehead atoms. The maximum atomic E-state index is 6.13. The van der Waals surface area contributed by atoms with Crippen LogP contribution in [0.25, 0.3) is 0 Å². The van der Waals surface area contributed by atoms with Gasteiger partial charge in [0, 0.05) is 0 Å². The molecule has 17 heavy (non-hydrogen) atoms. The first-order chi connectivity index (χ1) is 7.62. The van der Waals surface area contributed by atoms with Crippen molar-refractivity contribution in [1.29, 1.82) is 0 Å². The number of hydrogen-bond donors (Lipinski definition) is 0. The van der Waals surface area contributed by atoms with Crippen LogP contribution in [0, 0.1) is 10.8 Å². The molecule has 0 aromatic rings. The third-order valence-corrected chi connectivity index (χ3v) is 4.06. The van der Waals surface area contributed by atoms with Crippen molar-refractivity contribution in [3.63, 3.8) is 0 Å². The molecule has 0 aromatic carbocycles. The van der Waals surface area contributed by atoms with Crippen molar-refractivity contribution in [2.45, 2.75) is 93.3 Å². The van der Waals surface area contributed by atoms with Crippen LogP contribution in [0.1, 0.15) is 81.1 Å². The first-order valence-corrected chi connectivity index (χ1v) is 7.27. The highest BCUT2D eigenvalue weighted by Crippen LogP contribution is 2.30. The van der Waals surface area contributed by atoms with E-state index in [2.05, 4.69) is 55.4 Å². The molecule has 0 N–H and O–H groups in total. The van der Waals surface area contributed by atoms with Gasteiger partial charge in [0.05, 0.1) is 12.2 Å². The van der Waals surface area contributed by atoms with Crippen LogP contribution in [0.2, 0.25) is 0 Å². The lowest BCUT2D eigenvalue weighted by molar-refractivity contribution is -0.0328. The topological polar surface area (TPSA) is 9.23 Å². The average molecular weight is 242 g/mol. The molecule has 2 unspecified atom stereocenters.